The fraction of sp³-hybridized carbons (Fsp3) is 0.222. The molecule has 4 nitrogen and oxygen atoms in total. The summed E-state index contributed by atoms with van der Waals surface area (Å²) in [5, 5.41) is 2.70. The van der Waals surface area contributed by atoms with Crippen molar-refractivity contribution in [1.29, 1.82) is 0 Å². The first kappa shape index (κ1) is 14.3. The minimum absolute atomic E-state index is 0.00757. The molecule has 2 aromatic carbocycles. The summed E-state index contributed by atoms with van der Waals surface area (Å²) in [4.78, 5) is 25.7. The number of anilines is 2. The third-order valence-electron chi connectivity index (χ3n) is 3.88. The van der Waals surface area contributed by atoms with Crippen molar-refractivity contribution in [2.24, 2.45) is 0 Å². The first-order chi connectivity index (χ1) is 10.6. The van der Waals surface area contributed by atoms with Gasteiger partial charge in [-0.3, -0.25) is 9.59 Å². The number of hydrogen-bond acceptors (Lipinski definition) is 2. The lowest BCUT2D eigenvalue weighted by Crippen LogP contribution is -2.35. The summed E-state index contributed by atoms with van der Waals surface area (Å²) in [6.45, 7) is 3.52. The van der Waals surface area contributed by atoms with Gasteiger partial charge in [0.15, 0.2) is 0 Å². The number of carbonyl (C=O) groups is 2. The van der Waals surface area contributed by atoms with E-state index in [-0.39, 0.29) is 17.9 Å². The molecule has 1 atom stereocenters. The summed E-state index contributed by atoms with van der Waals surface area (Å²) in [5.74, 6) is -0.131. The smallest absolute Gasteiger partial charge is 0.258 e. The van der Waals surface area contributed by atoms with E-state index in [4.69, 9.17) is 0 Å². The van der Waals surface area contributed by atoms with Crippen LogP contribution in [0.2, 0.25) is 0 Å². The molecule has 0 radical (unpaired) electrons. The number of nitrogens with one attached hydrogen (secondary N) is 1. The monoisotopic (exact) mass is 294 g/mol. The first-order valence-corrected chi connectivity index (χ1v) is 7.35. The van der Waals surface area contributed by atoms with E-state index >= 15 is 0 Å². The fourth-order valence-corrected chi connectivity index (χ4v) is 2.91. The highest BCUT2D eigenvalue weighted by Gasteiger charge is 2.31. The average molecular weight is 294 g/mol. The molecule has 22 heavy (non-hydrogen) atoms. The van der Waals surface area contributed by atoms with Gasteiger partial charge in [0.2, 0.25) is 5.91 Å². The van der Waals surface area contributed by atoms with Crippen LogP contribution in [0.5, 0.6) is 0 Å². The van der Waals surface area contributed by atoms with E-state index in [1.165, 1.54) is 12.5 Å². The number of carbonyl (C=O) groups excluding carboxylic acids is 2. The number of benzene rings is 2. The summed E-state index contributed by atoms with van der Waals surface area (Å²) in [5.41, 5.74) is 3.51. The number of nitrogens with zero attached hydrogens (tertiary/aromatic N) is 1. The molecule has 0 bridgehead atoms. The van der Waals surface area contributed by atoms with Gasteiger partial charge in [0.1, 0.15) is 0 Å². The molecule has 0 unspecified atom stereocenters. The minimum atomic E-state index is -0.124. The van der Waals surface area contributed by atoms with E-state index in [1.807, 2.05) is 23.1 Å². The maximum absolute atomic E-state index is 12.8. The van der Waals surface area contributed by atoms with Crippen LogP contribution in [0.4, 0.5) is 11.4 Å². The van der Waals surface area contributed by atoms with Crippen LogP contribution in [-0.2, 0) is 11.2 Å². The molecule has 0 aromatic heterocycles. The van der Waals surface area contributed by atoms with Crippen LogP contribution in [0.1, 0.15) is 29.8 Å². The molecule has 112 valence electrons. The predicted octanol–water partition coefficient (Wildman–Crippen LogP) is 3.24. The quantitative estimate of drug-likeness (QED) is 0.924. The Morgan fingerprint density at radius 2 is 1.77 bits per heavy atom. The fourth-order valence-electron chi connectivity index (χ4n) is 2.91. The highest BCUT2D eigenvalue weighted by atomic mass is 16.2. The largest absolute Gasteiger partial charge is 0.326 e. The van der Waals surface area contributed by atoms with Gasteiger partial charge in [-0.05, 0) is 49.2 Å². The minimum Gasteiger partial charge on any atom is -0.326 e. The number of rotatable bonds is 2. The molecule has 0 saturated carbocycles. The van der Waals surface area contributed by atoms with E-state index < -0.39 is 0 Å². The van der Waals surface area contributed by atoms with Gasteiger partial charge in [0, 0.05) is 29.9 Å². The van der Waals surface area contributed by atoms with Gasteiger partial charge in [-0.2, -0.15) is 0 Å². The van der Waals surface area contributed by atoms with Crippen LogP contribution in [0.15, 0.2) is 48.5 Å². The van der Waals surface area contributed by atoms with Crippen molar-refractivity contribution >= 4 is 23.2 Å². The summed E-state index contributed by atoms with van der Waals surface area (Å²) in [7, 11) is 0. The Kier molecular flexibility index (Phi) is 3.67. The van der Waals surface area contributed by atoms with Crippen molar-refractivity contribution in [3.63, 3.8) is 0 Å². The number of amides is 2. The molecule has 2 aromatic rings. The van der Waals surface area contributed by atoms with Crippen LogP contribution in [0.3, 0.4) is 0 Å². The molecule has 2 amide bonds. The van der Waals surface area contributed by atoms with Crippen molar-refractivity contribution in [2.45, 2.75) is 26.3 Å². The van der Waals surface area contributed by atoms with E-state index in [2.05, 4.69) is 18.3 Å². The normalized spacial score (nSPS) is 16.3. The van der Waals surface area contributed by atoms with E-state index in [9.17, 15) is 9.59 Å². The molecule has 1 aliphatic rings. The van der Waals surface area contributed by atoms with Crippen LogP contribution in [-0.4, -0.2) is 17.9 Å². The van der Waals surface area contributed by atoms with E-state index in [1.54, 1.807) is 24.3 Å². The maximum atomic E-state index is 12.8. The summed E-state index contributed by atoms with van der Waals surface area (Å²) in [6.07, 6.45) is 0.881. The van der Waals surface area contributed by atoms with Gasteiger partial charge < -0.3 is 10.2 Å². The number of para-hydroxylation sites is 1. The van der Waals surface area contributed by atoms with Crippen molar-refractivity contribution < 1.29 is 9.59 Å². The van der Waals surface area contributed by atoms with Crippen molar-refractivity contribution in [3.8, 4) is 0 Å². The zero-order valence-corrected chi connectivity index (χ0v) is 12.7. The molecule has 4 heteroatoms. The number of fused-ring (bicyclic) bond motifs is 1. The highest BCUT2D eigenvalue weighted by molar-refractivity contribution is 6.08. The Morgan fingerprint density at radius 3 is 2.45 bits per heavy atom. The second-order valence-electron chi connectivity index (χ2n) is 5.62. The van der Waals surface area contributed by atoms with Crippen molar-refractivity contribution in [3.05, 3.63) is 59.7 Å². The maximum Gasteiger partial charge on any atom is 0.258 e. The number of hydrogen-bond donors (Lipinski definition) is 1. The predicted molar refractivity (Wildman–Crippen MR) is 87.2 cm³/mol. The molecule has 0 saturated heterocycles. The zero-order valence-electron chi connectivity index (χ0n) is 12.7. The second kappa shape index (κ2) is 5.64. The van der Waals surface area contributed by atoms with E-state index in [0.29, 0.717) is 11.3 Å². The lowest BCUT2D eigenvalue weighted by molar-refractivity contribution is -0.114. The Morgan fingerprint density at radius 1 is 1.09 bits per heavy atom. The molecule has 1 heterocycles. The van der Waals surface area contributed by atoms with Gasteiger partial charge in [-0.25, -0.2) is 0 Å². The molecule has 1 aliphatic heterocycles. The van der Waals surface area contributed by atoms with Gasteiger partial charge in [-0.1, -0.05) is 18.2 Å². The standard InChI is InChI=1S/C18H18N2O2/c1-12-11-15-5-3-4-6-17(15)20(12)18(22)14-7-9-16(10-8-14)19-13(2)21/h3-10,12H,11H2,1-2H3,(H,19,21)/t12-/m1/s1. The molecule has 0 spiro atoms. The lowest BCUT2D eigenvalue weighted by Gasteiger charge is -2.23. The Hall–Kier alpha value is -2.62. The zero-order chi connectivity index (χ0) is 15.7. The van der Waals surface area contributed by atoms with Crippen LogP contribution < -0.4 is 10.2 Å². The molecule has 1 N–H and O–H groups in total. The van der Waals surface area contributed by atoms with Crippen LogP contribution in [0, 0.1) is 0 Å². The van der Waals surface area contributed by atoms with Gasteiger partial charge in [-0.15, -0.1) is 0 Å². The third kappa shape index (κ3) is 2.60. The van der Waals surface area contributed by atoms with Crippen molar-refractivity contribution in [2.75, 3.05) is 10.2 Å². The first-order valence-electron chi connectivity index (χ1n) is 7.35. The molecular weight excluding hydrogens is 276 g/mol. The summed E-state index contributed by atoms with van der Waals surface area (Å²) < 4.78 is 0. The van der Waals surface area contributed by atoms with Crippen LogP contribution >= 0.6 is 0 Å². The van der Waals surface area contributed by atoms with Gasteiger partial charge in [0.05, 0.1) is 0 Å². The van der Waals surface area contributed by atoms with Gasteiger partial charge in [0.25, 0.3) is 5.91 Å². The molecule has 3 rings (SSSR count). The Bertz CT molecular complexity index is 722. The highest BCUT2D eigenvalue weighted by Crippen LogP contribution is 2.33. The van der Waals surface area contributed by atoms with Gasteiger partial charge >= 0.3 is 0 Å². The Labute approximate surface area is 129 Å². The SMILES string of the molecule is CC(=O)Nc1ccc(C(=O)N2c3ccccc3C[C@H]2C)cc1. The lowest BCUT2D eigenvalue weighted by atomic mass is 10.1. The van der Waals surface area contributed by atoms with Crippen molar-refractivity contribution in [1.82, 2.24) is 0 Å². The molecule has 0 fully saturated rings. The Balaban J connectivity index is 1.86. The third-order valence-corrected chi connectivity index (χ3v) is 3.88. The second-order valence-corrected chi connectivity index (χ2v) is 5.62. The van der Waals surface area contributed by atoms with Crippen LogP contribution in [0.25, 0.3) is 0 Å². The molecule has 0 aliphatic carbocycles. The molecular formula is C18H18N2O2. The topological polar surface area (TPSA) is 49.4 Å². The summed E-state index contributed by atoms with van der Waals surface area (Å²) >= 11 is 0. The van der Waals surface area contributed by atoms with E-state index in [0.717, 1.165) is 12.1 Å². The average Bonchev–Trinajstić information content (AvgIpc) is 2.82. The summed E-state index contributed by atoms with van der Waals surface area (Å²) in [6, 6.07) is 15.2.